The SMILES string of the molecule is Cc1c[nH]c2ncc(-c3cc4c(c(C5COCCN5)c3)CN(S(C)(=O)=O)CC4)cc12. The molecule has 8 heteroatoms. The van der Waals surface area contributed by atoms with Gasteiger partial charge < -0.3 is 15.0 Å². The summed E-state index contributed by atoms with van der Waals surface area (Å²) in [6, 6.07) is 6.61. The summed E-state index contributed by atoms with van der Waals surface area (Å²) in [5.41, 5.74) is 7.67. The molecular formula is C22H26N4O3S. The quantitative estimate of drug-likeness (QED) is 0.672. The van der Waals surface area contributed by atoms with Crippen molar-refractivity contribution in [2.24, 2.45) is 0 Å². The second-order valence-corrected chi connectivity index (χ2v) is 10.2. The molecule has 5 rings (SSSR count). The van der Waals surface area contributed by atoms with Crippen LogP contribution >= 0.6 is 0 Å². The number of hydrogen-bond donors (Lipinski definition) is 2. The summed E-state index contributed by atoms with van der Waals surface area (Å²) in [7, 11) is -3.23. The summed E-state index contributed by atoms with van der Waals surface area (Å²) in [5, 5.41) is 4.66. The molecule has 30 heavy (non-hydrogen) atoms. The van der Waals surface area contributed by atoms with Gasteiger partial charge in [-0.25, -0.2) is 13.4 Å². The number of aromatic nitrogens is 2. The Hall–Kier alpha value is -2.26. The molecule has 0 amide bonds. The Morgan fingerprint density at radius 2 is 2.10 bits per heavy atom. The second kappa shape index (κ2) is 7.46. The Bertz CT molecular complexity index is 1210. The number of hydrogen-bond acceptors (Lipinski definition) is 5. The third-order valence-electron chi connectivity index (χ3n) is 6.18. The Morgan fingerprint density at radius 1 is 1.23 bits per heavy atom. The van der Waals surface area contributed by atoms with Crippen LogP contribution in [0, 0.1) is 6.92 Å². The Balaban J connectivity index is 1.63. The van der Waals surface area contributed by atoms with Crippen molar-refractivity contribution in [3.8, 4) is 11.1 Å². The maximum atomic E-state index is 12.2. The van der Waals surface area contributed by atoms with E-state index in [1.807, 2.05) is 12.4 Å². The highest BCUT2D eigenvalue weighted by atomic mass is 32.2. The summed E-state index contributed by atoms with van der Waals surface area (Å²) in [6.45, 7) is 5.07. The fourth-order valence-electron chi connectivity index (χ4n) is 4.49. The van der Waals surface area contributed by atoms with E-state index in [4.69, 9.17) is 4.74 Å². The molecule has 158 valence electrons. The first-order valence-electron chi connectivity index (χ1n) is 10.3. The van der Waals surface area contributed by atoms with Crippen molar-refractivity contribution in [2.45, 2.75) is 25.9 Å². The molecule has 0 aliphatic carbocycles. The Labute approximate surface area is 176 Å². The molecule has 1 unspecified atom stereocenters. The zero-order valence-electron chi connectivity index (χ0n) is 17.2. The number of nitrogens with zero attached hydrogens (tertiary/aromatic N) is 2. The molecule has 4 heterocycles. The lowest BCUT2D eigenvalue weighted by Crippen LogP contribution is -2.39. The largest absolute Gasteiger partial charge is 0.378 e. The minimum atomic E-state index is -3.23. The standard InChI is InChI=1S/C22H26N4O3S/c1-14-10-24-22-18(14)9-17(11-25-22)16-7-15-3-5-26(30(2,27)28)12-20(15)19(8-16)21-13-29-6-4-23-21/h7-11,21,23H,3-6,12-13H2,1-2H3,(H,24,25). The third-order valence-corrected chi connectivity index (χ3v) is 7.43. The topological polar surface area (TPSA) is 87.3 Å². The smallest absolute Gasteiger partial charge is 0.211 e. The van der Waals surface area contributed by atoms with Gasteiger partial charge in [-0.15, -0.1) is 0 Å². The fraction of sp³-hybridized carbons (Fsp3) is 0.409. The lowest BCUT2D eigenvalue weighted by atomic mass is 9.88. The van der Waals surface area contributed by atoms with Crippen molar-refractivity contribution in [3.05, 3.63) is 52.8 Å². The molecule has 1 saturated heterocycles. The first-order valence-corrected chi connectivity index (χ1v) is 12.1. The number of ether oxygens (including phenoxy) is 1. The predicted molar refractivity (Wildman–Crippen MR) is 117 cm³/mol. The highest BCUT2D eigenvalue weighted by Crippen LogP contribution is 2.35. The van der Waals surface area contributed by atoms with Gasteiger partial charge in [0.1, 0.15) is 5.65 Å². The number of H-pyrrole nitrogens is 1. The summed E-state index contributed by atoms with van der Waals surface area (Å²) in [5.74, 6) is 0. The van der Waals surface area contributed by atoms with Crippen LogP contribution in [0.1, 0.15) is 28.3 Å². The predicted octanol–water partition coefficient (Wildman–Crippen LogP) is 2.52. The minimum Gasteiger partial charge on any atom is -0.378 e. The van der Waals surface area contributed by atoms with E-state index in [0.29, 0.717) is 32.7 Å². The highest BCUT2D eigenvalue weighted by molar-refractivity contribution is 7.88. The van der Waals surface area contributed by atoms with Crippen LogP contribution in [-0.2, 0) is 27.7 Å². The number of aromatic amines is 1. The lowest BCUT2D eigenvalue weighted by molar-refractivity contribution is 0.0764. The highest BCUT2D eigenvalue weighted by Gasteiger charge is 2.29. The zero-order chi connectivity index (χ0) is 20.9. The van der Waals surface area contributed by atoms with E-state index in [-0.39, 0.29) is 6.04 Å². The van der Waals surface area contributed by atoms with E-state index in [2.05, 4.69) is 40.4 Å². The number of rotatable bonds is 3. The van der Waals surface area contributed by atoms with Crippen molar-refractivity contribution in [1.29, 1.82) is 0 Å². The van der Waals surface area contributed by atoms with Gasteiger partial charge in [0.15, 0.2) is 0 Å². The summed E-state index contributed by atoms with van der Waals surface area (Å²) in [6.07, 6.45) is 5.87. The first-order chi connectivity index (χ1) is 14.4. The number of sulfonamides is 1. The lowest BCUT2D eigenvalue weighted by Gasteiger charge is -2.33. The van der Waals surface area contributed by atoms with E-state index in [1.54, 1.807) is 4.31 Å². The molecule has 1 atom stereocenters. The van der Waals surface area contributed by atoms with Crippen LogP contribution in [0.15, 0.2) is 30.6 Å². The van der Waals surface area contributed by atoms with Gasteiger partial charge in [0.2, 0.25) is 10.0 Å². The van der Waals surface area contributed by atoms with Crippen molar-refractivity contribution in [1.82, 2.24) is 19.6 Å². The van der Waals surface area contributed by atoms with Crippen LogP contribution in [0.3, 0.4) is 0 Å². The normalized spacial score (nSPS) is 20.4. The minimum absolute atomic E-state index is 0.0534. The van der Waals surface area contributed by atoms with Crippen LogP contribution in [0.2, 0.25) is 0 Å². The average Bonchev–Trinajstić information content (AvgIpc) is 3.12. The van der Waals surface area contributed by atoms with Crippen molar-refractivity contribution < 1.29 is 13.2 Å². The third kappa shape index (κ3) is 3.54. The molecule has 3 aromatic rings. The van der Waals surface area contributed by atoms with E-state index in [9.17, 15) is 8.42 Å². The van der Waals surface area contributed by atoms with E-state index >= 15 is 0 Å². The van der Waals surface area contributed by atoms with Gasteiger partial charge in [0.25, 0.3) is 0 Å². The molecule has 0 radical (unpaired) electrons. The second-order valence-electron chi connectivity index (χ2n) is 8.22. The number of fused-ring (bicyclic) bond motifs is 2. The number of aryl methyl sites for hydroxylation is 1. The Morgan fingerprint density at radius 3 is 2.87 bits per heavy atom. The molecule has 1 aromatic carbocycles. The maximum Gasteiger partial charge on any atom is 0.211 e. The zero-order valence-corrected chi connectivity index (χ0v) is 18.1. The molecule has 1 fully saturated rings. The monoisotopic (exact) mass is 426 g/mol. The van der Waals surface area contributed by atoms with Crippen LogP contribution in [0.5, 0.6) is 0 Å². The maximum absolute atomic E-state index is 12.2. The van der Waals surface area contributed by atoms with Gasteiger partial charge in [-0.05, 0) is 53.3 Å². The summed E-state index contributed by atoms with van der Waals surface area (Å²) in [4.78, 5) is 7.79. The molecule has 2 aromatic heterocycles. The molecule has 7 nitrogen and oxygen atoms in total. The van der Waals surface area contributed by atoms with Crippen LogP contribution in [0.4, 0.5) is 0 Å². The van der Waals surface area contributed by atoms with Crippen molar-refractivity contribution in [2.75, 3.05) is 32.6 Å². The van der Waals surface area contributed by atoms with Crippen molar-refractivity contribution in [3.63, 3.8) is 0 Å². The first kappa shape index (κ1) is 19.7. The molecule has 2 N–H and O–H groups in total. The summed E-state index contributed by atoms with van der Waals surface area (Å²) >= 11 is 0. The fourth-order valence-corrected chi connectivity index (χ4v) is 5.28. The number of nitrogens with one attached hydrogen (secondary N) is 2. The molecule has 0 bridgehead atoms. The van der Waals surface area contributed by atoms with Crippen LogP contribution in [-0.4, -0.2) is 55.3 Å². The van der Waals surface area contributed by atoms with Gasteiger partial charge >= 0.3 is 0 Å². The summed E-state index contributed by atoms with van der Waals surface area (Å²) < 4.78 is 31.6. The van der Waals surface area contributed by atoms with E-state index in [1.165, 1.54) is 17.4 Å². The van der Waals surface area contributed by atoms with E-state index < -0.39 is 10.0 Å². The van der Waals surface area contributed by atoms with Gasteiger partial charge in [-0.1, -0.05) is 6.07 Å². The van der Waals surface area contributed by atoms with Crippen molar-refractivity contribution >= 4 is 21.1 Å². The number of morpholine rings is 1. The molecule has 0 spiro atoms. The van der Waals surface area contributed by atoms with Gasteiger partial charge in [0.05, 0.1) is 25.5 Å². The molecule has 2 aliphatic rings. The molecular weight excluding hydrogens is 400 g/mol. The molecule has 0 saturated carbocycles. The van der Waals surface area contributed by atoms with Crippen LogP contribution < -0.4 is 5.32 Å². The number of benzene rings is 1. The molecule has 2 aliphatic heterocycles. The van der Waals surface area contributed by atoms with E-state index in [0.717, 1.165) is 39.8 Å². The van der Waals surface area contributed by atoms with Crippen LogP contribution in [0.25, 0.3) is 22.2 Å². The van der Waals surface area contributed by atoms with Gasteiger partial charge in [-0.2, -0.15) is 4.31 Å². The Kier molecular flexibility index (Phi) is 4.89. The van der Waals surface area contributed by atoms with Gasteiger partial charge in [0, 0.05) is 43.0 Å². The number of pyridine rings is 1. The average molecular weight is 427 g/mol. The van der Waals surface area contributed by atoms with Gasteiger partial charge in [-0.3, -0.25) is 0 Å².